The molecule has 2 aliphatic carbocycles. The van der Waals surface area contributed by atoms with E-state index in [0.29, 0.717) is 12.8 Å². The van der Waals surface area contributed by atoms with Gasteiger partial charge in [-0.05, 0) is 83.3 Å². The van der Waals surface area contributed by atoms with E-state index in [1.807, 2.05) is 49.3 Å². The first-order valence-electron chi connectivity index (χ1n) is 17.8. The lowest BCUT2D eigenvalue weighted by molar-refractivity contribution is 0.0717. The fourth-order valence-corrected chi connectivity index (χ4v) is 10.4. The van der Waals surface area contributed by atoms with Gasteiger partial charge in [0.15, 0.2) is 0 Å². The van der Waals surface area contributed by atoms with Crippen molar-refractivity contribution < 1.29 is 27.0 Å². The Morgan fingerprint density at radius 2 is 0.981 bits per heavy atom. The predicted molar refractivity (Wildman–Crippen MR) is 201 cm³/mol. The number of aliphatic hydroxyl groups excluding tert-OH is 2. The van der Waals surface area contributed by atoms with Crippen LogP contribution in [0.4, 0.5) is 0 Å². The zero-order chi connectivity index (χ0) is 37.5. The summed E-state index contributed by atoms with van der Waals surface area (Å²) in [4.78, 5) is 8.78. The molecular formula is C40H38N6O6S2. The molecule has 14 heteroatoms. The second kappa shape index (κ2) is 12.8. The molecule has 6 atom stereocenters. The largest absolute Gasteiger partial charge is 0.388 e. The Bertz CT molecular complexity index is 2490. The van der Waals surface area contributed by atoms with Crippen molar-refractivity contribution in [2.75, 3.05) is 0 Å². The zero-order valence-electron chi connectivity index (χ0n) is 29.0. The molecule has 4 aromatic carbocycles. The van der Waals surface area contributed by atoms with Crippen LogP contribution in [-0.2, 0) is 32.9 Å². The van der Waals surface area contributed by atoms with Crippen LogP contribution in [-0.4, -0.2) is 46.2 Å². The van der Waals surface area contributed by atoms with Gasteiger partial charge in [-0.1, -0.05) is 60.7 Å². The summed E-state index contributed by atoms with van der Waals surface area (Å²) in [6, 6.07) is 26.0. The smallest absolute Gasteiger partial charge is 0.238 e. The maximum absolute atomic E-state index is 11.6. The molecule has 0 amide bonds. The fourth-order valence-electron chi connectivity index (χ4n) is 9.23. The second-order valence-electron chi connectivity index (χ2n) is 14.5. The van der Waals surface area contributed by atoms with Crippen LogP contribution < -0.4 is 10.3 Å². The first-order valence-corrected chi connectivity index (χ1v) is 20.9. The summed E-state index contributed by atoms with van der Waals surface area (Å²) >= 11 is 0. The molecule has 4 aliphatic rings. The average Bonchev–Trinajstić information content (AvgIpc) is 3.94. The molecule has 0 bridgehead atoms. The number of nitrogens with zero attached hydrogens (tertiary/aromatic N) is 4. The van der Waals surface area contributed by atoms with Crippen LogP contribution in [0, 0.1) is 11.8 Å². The molecule has 4 heterocycles. The van der Waals surface area contributed by atoms with Gasteiger partial charge in [0.1, 0.15) is 0 Å². The number of aromatic nitrogens is 4. The van der Waals surface area contributed by atoms with Crippen molar-refractivity contribution >= 4 is 20.0 Å². The van der Waals surface area contributed by atoms with E-state index < -0.39 is 32.3 Å². The standard InChI is InChI=1S/2C20H19N3O3S/c2*21-27(25,26)13-6-8-14-12(9-13)5-7-17(20(14)24)19-16-4-2-1-3-15(16)18-10-22-11-23(18)19/h2*1-4,6,8-11,17,19-20,24H,5,7H2,(H2,21,25,26)/t17-,19+,20-;17-,19-,20-/m10/s1. The predicted octanol–water partition coefficient (Wildman–Crippen LogP) is 4.79. The number of sulfonamides is 2. The molecular weight excluding hydrogens is 725 g/mol. The molecule has 0 saturated carbocycles. The van der Waals surface area contributed by atoms with Gasteiger partial charge >= 0.3 is 0 Å². The number of nitrogens with two attached hydrogens (primary N) is 2. The van der Waals surface area contributed by atoms with Crippen molar-refractivity contribution in [3.8, 4) is 22.5 Å². The topological polar surface area (TPSA) is 196 Å². The van der Waals surface area contributed by atoms with Crippen LogP contribution in [0.1, 0.15) is 70.5 Å². The Kier molecular flexibility index (Phi) is 8.26. The number of rotatable bonds is 4. The number of benzene rings is 4. The molecule has 276 valence electrons. The van der Waals surface area contributed by atoms with Gasteiger partial charge in [0.2, 0.25) is 20.0 Å². The fraction of sp³-hybridized carbons (Fsp3) is 0.250. The summed E-state index contributed by atoms with van der Waals surface area (Å²) in [6.07, 6.45) is 8.90. The van der Waals surface area contributed by atoms with Crippen LogP contribution >= 0.6 is 0 Å². The number of primary sulfonamides is 2. The first kappa shape index (κ1) is 34.8. The van der Waals surface area contributed by atoms with Gasteiger partial charge in [0.05, 0.1) is 70.5 Å². The number of imidazole rings is 2. The molecule has 0 unspecified atom stereocenters. The lowest BCUT2D eigenvalue weighted by Gasteiger charge is -2.35. The Morgan fingerprint density at radius 3 is 1.39 bits per heavy atom. The van der Waals surface area contributed by atoms with Gasteiger partial charge in [-0.2, -0.15) is 0 Å². The van der Waals surface area contributed by atoms with Crippen LogP contribution in [0.3, 0.4) is 0 Å². The average molecular weight is 763 g/mol. The van der Waals surface area contributed by atoms with Crippen LogP contribution in [0.15, 0.2) is 120 Å². The highest BCUT2D eigenvalue weighted by molar-refractivity contribution is 7.89. The van der Waals surface area contributed by atoms with E-state index >= 15 is 0 Å². The summed E-state index contributed by atoms with van der Waals surface area (Å²) in [5, 5.41) is 32.8. The highest BCUT2D eigenvalue weighted by Gasteiger charge is 2.42. The molecule has 6 aromatic rings. The summed E-state index contributed by atoms with van der Waals surface area (Å²) in [5.41, 5.74) is 10.1. The molecule has 0 saturated heterocycles. The van der Waals surface area contributed by atoms with Gasteiger partial charge in [0, 0.05) is 23.0 Å². The summed E-state index contributed by atoms with van der Waals surface area (Å²) in [5.74, 6) is -0.0381. The lowest BCUT2D eigenvalue weighted by atomic mass is 9.76. The van der Waals surface area contributed by atoms with Crippen LogP contribution in [0.5, 0.6) is 0 Å². The van der Waals surface area contributed by atoms with Gasteiger partial charge in [-0.3, -0.25) is 0 Å². The van der Waals surface area contributed by atoms with E-state index in [1.54, 1.807) is 24.3 Å². The SMILES string of the molecule is NS(=O)(=O)c1ccc2c(c1)CC[C@@H]([C@@H]1c3ccccc3-c3cncn31)[C@H]2O.NS(=O)(=O)c1ccc2c(c1)CC[C@H]([C@@H]1c3ccccc3-c3cncn31)[C@@H]2O. The van der Waals surface area contributed by atoms with Gasteiger partial charge in [-0.25, -0.2) is 37.1 Å². The van der Waals surface area contributed by atoms with Crippen molar-refractivity contribution in [1.29, 1.82) is 0 Å². The molecule has 6 N–H and O–H groups in total. The highest BCUT2D eigenvalue weighted by atomic mass is 32.2. The van der Waals surface area contributed by atoms with E-state index in [1.165, 1.54) is 23.3 Å². The normalized spacial score (nSPS) is 23.6. The van der Waals surface area contributed by atoms with Crippen molar-refractivity contribution in [2.24, 2.45) is 22.1 Å². The van der Waals surface area contributed by atoms with E-state index in [2.05, 4.69) is 43.4 Å². The Morgan fingerprint density at radius 1 is 0.574 bits per heavy atom. The highest BCUT2D eigenvalue weighted by Crippen LogP contribution is 2.51. The Balaban J connectivity index is 0.000000142. The molecule has 12 nitrogen and oxygen atoms in total. The van der Waals surface area contributed by atoms with E-state index in [9.17, 15) is 27.0 Å². The van der Waals surface area contributed by atoms with Crippen molar-refractivity contribution in [1.82, 2.24) is 19.1 Å². The van der Waals surface area contributed by atoms with E-state index in [0.717, 1.165) is 57.6 Å². The monoisotopic (exact) mass is 762 g/mol. The van der Waals surface area contributed by atoms with Crippen molar-refractivity contribution in [3.05, 3.63) is 143 Å². The third-order valence-corrected chi connectivity index (χ3v) is 13.5. The molecule has 10 rings (SSSR count). The maximum Gasteiger partial charge on any atom is 0.238 e. The minimum Gasteiger partial charge on any atom is -0.388 e. The van der Waals surface area contributed by atoms with Crippen molar-refractivity contribution in [2.45, 2.75) is 59.8 Å². The van der Waals surface area contributed by atoms with Crippen LogP contribution in [0.2, 0.25) is 0 Å². The molecule has 0 radical (unpaired) electrons. The molecule has 2 aliphatic heterocycles. The Labute approximate surface area is 312 Å². The number of fused-ring (bicyclic) bond motifs is 8. The second-order valence-corrected chi connectivity index (χ2v) is 17.7. The minimum absolute atomic E-state index is 0.0137. The van der Waals surface area contributed by atoms with Gasteiger partial charge in [-0.15, -0.1) is 0 Å². The van der Waals surface area contributed by atoms with Gasteiger partial charge in [0.25, 0.3) is 0 Å². The minimum atomic E-state index is -3.75. The maximum atomic E-state index is 11.6. The van der Waals surface area contributed by atoms with Gasteiger partial charge < -0.3 is 19.3 Å². The first-order chi connectivity index (χ1) is 25.9. The third kappa shape index (κ3) is 5.63. The van der Waals surface area contributed by atoms with E-state index in [-0.39, 0.29) is 33.7 Å². The van der Waals surface area contributed by atoms with Crippen LogP contribution in [0.25, 0.3) is 22.5 Å². The molecule has 2 aromatic heterocycles. The molecule has 54 heavy (non-hydrogen) atoms. The summed E-state index contributed by atoms with van der Waals surface area (Å²) in [6.45, 7) is 0. The lowest BCUT2D eigenvalue weighted by Crippen LogP contribution is -2.29. The summed E-state index contributed by atoms with van der Waals surface area (Å²) in [7, 11) is -7.50. The number of hydrogen-bond donors (Lipinski definition) is 4. The number of aryl methyl sites for hydroxylation is 2. The quantitative estimate of drug-likeness (QED) is 0.197. The third-order valence-electron chi connectivity index (χ3n) is 11.7. The zero-order valence-corrected chi connectivity index (χ0v) is 30.6. The number of aliphatic hydroxyl groups is 2. The molecule has 0 fully saturated rings. The van der Waals surface area contributed by atoms with E-state index in [4.69, 9.17) is 10.3 Å². The summed E-state index contributed by atoms with van der Waals surface area (Å²) < 4.78 is 50.8. The van der Waals surface area contributed by atoms with Crippen molar-refractivity contribution in [3.63, 3.8) is 0 Å². The Hall–Kier alpha value is -4.96. The number of hydrogen-bond acceptors (Lipinski definition) is 8. The molecule has 0 spiro atoms.